The van der Waals surface area contributed by atoms with Gasteiger partial charge in [0.1, 0.15) is 35.9 Å². The van der Waals surface area contributed by atoms with E-state index < -0.39 is 53.5 Å². The van der Waals surface area contributed by atoms with E-state index in [9.17, 15) is 27.6 Å². The molecule has 2 aliphatic heterocycles. The van der Waals surface area contributed by atoms with Crippen LogP contribution in [0.4, 0.5) is 22.4 Å². The monoisotopic (exact) mass is 715 g/mol. The molecule has 10 nitrogen and oxygen atoms in total. The van der Waals surface area contributed by atoms with Crippen LogP contribution in [-0.4, -0.2) is 81.1 Å². The van der Waals surface area contributed by atoms with Gasteiger partial charge in [0.05, 0.1) is 38.5 Å². The minimum absolute atomic E-state index is 0.000270. The third-order valence-corrected chi connectivity index (χ3v) is 9.11. The number of rotatable bonds is 14. The average molecular weight is 716 g/mol. The van der Waals surface area contributed by atoms with Crippen molar-refractivity contribution in [2.45, 2.75) is 62.6 Å². The Morgan fingerprint density at radius 3 is 2.43 bits per heavy atom. The third kappa shape index (κ3) is 10.8. The predicted molar refractivity (Wildman–Crippen MR) is 176 cm³/mol. The summed E-state index contributed by atoms with van der Waals surface area (Å²) in [7, 11) is 1.09. The molecule has 3 aromatic rings. The van der Waals surface area contributed by atoms with Gasteiger partial charge < -0.3 is 29.6 Å². The molecule has 2 aromatic carbocycles. The summed E-state index contributed by atoms with van der Waals surface area (Å²) in [5, 5.41) is 5.77. The van der Waals surface area contributed by atoms with Gasteiger partial charge in [-0.05, 0) is 78.1 Å². The van der Waals surface area contributed by atoms with Crippen molar-refractivity contribution in [1.82, 2.24) is 15.6 Å². The number of halogens is 4. The normalized spacial score (nSPS) is 20.2. The van der Waals surface area contributed by atoms with Gasteiger partial charge in [-0.3, -0.25) is 14.6 Å². The summed E-state index contributed by atoms with van der Waals surface area (Å²) in [5.41, 5.74) is 0.747. The lowest BCUT2D eigenvalue weighted by Crippen LogP contribution is -2.49. The summed E-state index contributed by atoms with van der Waals surface area (Å²) in [4.78, 5) is 42.8. The summed E-state index contributed by atoms with van der Waals surface area (Å²) in [6, 6.07) is 5.97. The Morgan fingerprint density at radius 1 is 1.00 bits per heavy atom. The van der Waals surface area contributed by atoms with Crippen molar-refractivity contribution in [1.29, 1.82) is 0 Å². The Morgan fingerprint density at radius 2 is 1.76 bits per heavy atom. The van der Waals surface area contributed by atoms with Crippen LogP contribution in [0, 0.1) is 29.2 Å². The van der Waals surface area contributed by atoms with Gasteiger partial charge in [0.2, 0.25) is 0 Å². The van der Waals surface area contributed by atoms with E-state index in [2.05, 4.69) is 15.6 Å². The second-order valence-electron chi connectivity index (χ2n) is 12.8. The smallest absolute Gasteiger partial charge is 0.407 e. The molecule has 1 amide bonds. The van der Waals surface area contributed by atoms with Gasteiger partial charge in [0.15, 0.2) is 5.78 Å². The number of nitrogens with zero attached hydrogens (tertiary/aromatic N) is 1. The second kappa shape index (κ2) is 18.2. The van der Waals surface area contributed by atoms with E-state index in [1.54, 1.807) is 0 Å². The van der Waals surface area contributed by atoms with E-state index in [1.807, 2.05) is 0 Å². The molecule has 0 saturated carbocycles. The van der Waals surface area contributed by atoms with Crippen LogP contribution in [0.5, 0.6) is 0 Å². The molecule has 2 N–H and O–H groups in total. The molecule has 0 unspecified atom stereocenters. The Hall–Kier alpha value is -4.40. The molecule has 5 atom stereocenters. The Balaban J connectivity index is 1.25. The molecule has 0 aliphatic carbocycles. The number of alkyl carbamates (subject to hydrolysis) is 1. The lowest BCUT2D eigenvalue weighted by Gasteiger charge is -2.30. The number of ketones is 1. The number of methoxy groups -OCH3 is 1. The molecule has 2 fully saturated rings. The van der Waals surface area contributed by atoms with E-state index in [4.69, 9.17) is 18.9 Å². The van der Waals surface area contributed by atoms with Crippen molar-refractivity contribution < 1.29 is 50.9 Å². The summed E-state index contributed by atoms with van der Waals surface area (Å²) < 4.78 is 79.6. The van der Waals surface area contributed by atoms with Crippen LogP contribution in [0.15, 0.2) is 54.9 Å². The van der Waals surface area contributed by atoms with E-state index in [0.717, 1.165) is 57.0 Å². The molecule has 5 rings (SSSR count). The average Bonchev–Trinajstić information content (AvgIpc) is 3.11. The molecule has 14 heteroatoms. The Kier molecular flexibility index (Phi) is 13.5. The van der Waals surface area contributed by atoms with Crippen LogP contribution >= 0.6 is 0 Å². The van der Waals surface area contributed by atoms with Crippen LogP contribution in [0.1, 0.15) is 53.9 Å². The highest BCUT2D eigenvalue weighted by atomic mass is 19.1. The van der Waals surface area contributed by atoms with Gasteiger partial charge in [0.25, 0.3) is 0 Å². The maximum Gasteiger partial charge on any atom is 0.407 e. The van der Waals surface area contributed by atoms with Gasteiger partial charge >= 0.3 is 12.1 Å². The number of carbonyl (C=O) groups is 3. The lowest BCUT2D eigenvalue weighted by molar-refractivity contribution is -0.148. The zero-order chi connectivity index (χ0) is 36.3. The van der Waals surface area contributed by atoms with E-state index in [-0.39, 0.29) is 65.9 Å². The quantitative estimate of drug-likeness (QED) is 0.176. The van der Waals surface area contributed by atoms with E-state index in [0.29, 0.717) is 32.1 Å². The fourth-order valence-electron chi connectivity index (χ4n) is 6.49. The van der Waals surface area contributed by atoms with Crippen LogP contribution in [0.3, 0.4) is 0 Å². The number of morpholine rings is 1. The van der Waals surface area contributed by atoms with Gasteiger partial charge in [-0.2, -0.15) is 0 Å². The van der Waals surface area contributed by atoms with Crippen molar-refractivity contribution in [3.05, 3.63) is 100 Å². The first-order chi connectivity index (χ1) is 24.6. The molecule has 274 valence electrons. The standard InChI is InChI=1S/C37H41F4N3O7/c1-48-37(47)44-36(35(23-4-6-26(38)7-5-23)24-12-27(39)15-28(40)13-24)33(45)14-25-16-42-18-32(41)31(25)9-8-30-17-43-29(20-50-30)21-51-34(46)11-22-3-2-10-49-19-22/h4-7,12-13,15-16,18,22,29-30,35-36,43H,2-3,8-11,14,17,19-21H2,1H3,(H,44,47)/t22-,29-,30+,35-,36-/m0/s1. The van der Waals surface area contributed by atoms with Crippen molar-refractivity contribution in [3.8, 4) is 0 Å². The number of amides is 1. The molecule has 2 saturated heterocycles. The van der Waals surface area contributed by atoms with Gasteiger partial charge in [-0.15, -0.1) is 0 Å². The first kappa shape index (κ1) is 37.8. The molecule has 0 bridgehead atoms. The number of pyridine rings is 1. The van der Waals surface area contributed by atoms with Crippen molar-refractivity contribution in [3.63, 3.8) is 0 Å². The number of esters is 1. The van der Waals surface area contributed by atoms with E-state index in [1.165, 1.54) is 18.3 Å². The maximum absolute atomic E-state index is 15.2. The minimum atomic E-state index is -1.46. The SMILES string of the molecule is COC(=O)N[C@@H](C(=O)Cc1cncc(F)c1CC[C@@H]1CN[C@H](COC(=O)C[C@@H]2CCCOC2)CO1)[C@@H](c1ccc(F)cc1)c1cc(F)cc(F)c1. The number of carbonyl (C=O) groups excluding carboxylic acids is 3. The van der Waals surface area contributed by atoms with Crippen LogP contribution in [0.25, 0.3) is 0 Å². The van der Waals surface area contributed by atoms with Crippen LogP contribution in [-0.2, 0) is 41.4 Å². The molecule has 1 aromatic heterocycles. The summed E-state index contributed by atoms with van der Waals surface area (Å²) in [5.74, 6) is -4.99. The highest BCUT2D eigenvalue weighted by molar-refractivity contribution is 5.90. The highest BCUT2D eigenvalue weighted by Gasteiger charge is 2.34. The first-order valence-electron chi connectivity index (χ1n) is 16.9. The number of hydrogen-bond acceptors (Lipinski definition) is 9. The molecular formula is C37H41F4N3O7. The molecule has 51 heavy (non-hydrogen) atoms. The third-order valence-electron chi connectivity index (χ3n) is 9.11. The number of nitrogens with one attached hydrogen (secondary N) is 2. The Labute approximate surface area is 293 Å². The number of Topliss-reactive ketones (excluding diaryl/α,β-unsaturated/α-hetero) is 1. The largest absolute Gasteiger partial charge is 0.464 e. The predicted octanol–water partition coefficient (Wildman–Crippen LogP) is 4.96. The lowest BCUT2D eigenvalue weighted by atomic mass is 9.81. The summed E-state index contributed by atoms with van der Waals surface area (Å²) >= 11 is 0. The maximum atomic E-state index is 15.2. The van der Waals surface area contributed by atoms with E-state index >= 15 is 4.39 Å². The van der Waals surface area contributed by atoms with Crippen LogP contribution < -0.4 is 10.6 Å². The zero-order valence-corrected chi connectivity index (χ0v) is 28.2. The minimum Gasteiger partial charge on any atom is -0.464 e. The Bertz CT molecular complexity index is 1630. The van der Waals surface area contributed by atoms with Crippen molar-refractivity contribution >= 4 is 17.8 Å². The molecule has 0 radical (unpaired) electrons. The highest BCUT2D eigenvalue weighted by Crippen LogP contribution is 2.32. The molecule has 0 spiro atoms. The fourth-order valence-corrected chi connectivity index (χ4v) is 6.49. The molecule has 2 aliphatic rings. The topological polar surface area (TPSA) is 125 Å². The number of benzene rings is 2. The number of ether oxygens (including phenoxy) is 4. The summed E-state index contributed by atoms with van der Waals surface area (Å²) in [6.45, 7) is 2.15. The second-order valence-corrected chi connectivity index (χ2v) is 12.8. The fraction of sp³-hybridized carbons (Fsp3) is 0.459. The van der Waals surface area contributed by atoms with Crippen molar-refractivity contribution in [2.75, 3.05) is 40.1 Å². The number of aromatic nitrogens is 1. The van der Waals surface area contributed by atoms with Gasteiger partial charge in [-0.25, -0.2) is 22.4 Å². The van der Waals surface area contributed by atoms with Gasteiger partial charge in [0, 0.05) is 44.4 Å². The first-order valence-corrected chi connectivity index (χ1v) is 16.9. The number of hydrogen-bond donors (Lipinski definition) is 2. The van der Waals surface area contributed by atoms with Crippen LogP contribution in [0.2, 0.25) is 0 Å². The zero-order valence-electron chi connectivity index (χ0n) is 28.2. The molecule has 3 heterocycles. The van der Waals surface area contributed by atoms with Gasteiger partial charge in [-0.1, -0.05) is 12.1 Å². The van der Waals surface area contributed by atoms with Crippen molar-refractivity contribution in [2.24, 2.45) is 5.92 Å². The molecular weight excluding hydrogens is 674 g/mol. The summed E-state index contributed by atoms with van der Waals surface area (Å²) in [6.07, 6.45) is 3.43.